The number of hydrogen-bond acceptors (Lipinski definition) is 5. The summed E-state index contributed by atoms with van der Waals surface area (Å²) in [5.41, 5.74) is 0. The predicted octanol–water partition coefficient (Wildman–Crippen LogP) is 2.12. The van der Waals surface area contributed by atoms with Crippen LogP contribution in [0.1, 0.15) is 40.5 Å². The van der Waals surface area contributed by atoms with E-state index in [9.17, 15) is 9.59 Å². The molecule has 20 heavy (non-hydrogen) atoms. The Balaban J connectivity index is 3.51. The van der Waals surface area contributed by atoms with Crippen LogP contribution >= 0.6 is 0 Å². The number of amides is 1. The SMILES string of the molecule is CCOCCC(C)OC(=O)NCCCOC(=O)C(C)C. The summed E-state index contributed by atoms with van der Waals surface area (Å²) in [6, 6.07) is 0. The molecule has 6 nitrogen and oxygen atoms in total. The first kappa shape index (κ1) is 18.7. The molecule has 1 amide bonds. The van der Waals surface area contributed by atoms with Gasteiger partial charge in [0.1, 0.15) is 6.10 Å². The monoisotopic (exact) mass is 289 g/mol. The van der Waals surface area contributed by atoms with E-state index in [-0.39, 0.29) is 18.0 Å². The van der Waals surface area contributed by atoms with E-state index in [4.69, 9.17) is 14.2 Å². The number of hydrogen-bond donors (Lipinski definition) is 1. The minimum absolute atomic E-state index is 0.126. The Hall–Kier alpha value is -1.30. The van der Waals surface area contributed by atoms with Crippen LogP contribution in [0.3, 0.4) is 0 Å². The van der Waals surface area contributed by atoms with E-state index in [1.165, 1.54) is 0 Å². The molecule has 0 radical (unpaired) electrons. The van der Waals surface area contributed by atoms with Crippen molar-refractivity contribution in [1.29, 1.82) is 0 Å². The molecule has 0 saturated carbocycles. The highest BCUT2D eigenvalue weighted by atomic mass is 16.6. The van der Waals surface area contributed by atoms with Gasteiger partial charge in [0.2, 0.25) is 0 Å². The van der Waals surface area contributed by atoms with Crippen LogP contribution in [-0.4, -0.2) is 44.5 Å². The average Bonchev–Trinajstić information content (AvgIpc) is 2.38. The van der Waals surface area contributed by atoms with Crippen molar-refractivity contribution in [1.82, 2.24) is 5.32 Å². The summed E-state index contributed by atoms with van der Waals surface area (Å²) in [7, 11) is 0. The van der Waals surface area contributed by atoms with Crippen molar-refractivity contribution in [2.24, 2.45) is 5.92 Å². The second-order valence-corrected chi connectivity index (χ2v) is 4.80. The van der Waals surface area contributed by atoms with E-state index in [2.05, 4.69) is 5.32 Å². The molecule has 6 heteroatoms. The van der Waals surface area contributed by atoms with Gasteiger partial charge in [0.25, 0.3) is 0 Å². The topological polar surface area (TPSA) is 73.9 Å². The molecule has 1 atom stereocenters. The predicted molar refractivity (Wildman–Crippen MR) is 75.5 cm³/mol. The number of ether oxygens (including phenoxy) is 3. The fraction of sp³-hybridized carbons (Fsp3) is 0.857. The zero-order valence-electron chi connectivity index (χ0n) is 12.9. The lowest BCUT2D eigenvalue weighted by molar-refractivity contribution is -0.147. The maximum atomic E-state index is 11.4. The van der Waals surface area contributed by atoms with Gasteiger partial charge in [-0.1, -0.05) is 13.8 Å². The maximum Gasteiger partial charge on any atom is 0.407 e. The van der Waals surface area contributed by atoms with Gasteiger partial charge >= 0.3 is 12.1 Å². The molecule has 0 spiro atoms. The summed E-state index contributed by atoms with van der Waals surface area (Å²) < 4.78 is 15.3. The van der Waals surface area contributed by atoms with Gasteiger partial charge in [-0.3, -0.25) is 4.79 Å². The largest absolute Gasteiger partial charge is 0.465 e. The highest BCUT2D eigenvalue weighted by Crippen LogP contribution is 1.99. The second-order valence-electron chi connectivity index (χ2n) is 4.80. The molecule has 0 aliphatic carbocycles. The van der Waals surface area contributed by atoms with Gasteiger partial charge in [-0.15, -0.1) is 0 Å². The van der Waals surface area contributed by atoms with Gasteiger partial charge in [0.05, 0.1) is 19.1 Å². The summed E-state index contributed by atoms with van der Waals surface area (Å²) in [6.45, 7) is 9.26. The highest BCUT2D eigenvalue weighted by Gasteiger charge is 2.09. The van der Waals surface area contributed by atoms with Crippen LogP contribution in [0.5, 0.6) is 0 Å². The maximum absolute atomic E-state index is 11.4. The van der Waals surface area contributed by atoms with Gasteiger partial charge in [-0.2, -0.15) is 0 Å². The third-order valence-corrected chi connectivity index (χ3v) is 2.49. The van der Waals surface area contributed by atoms with Crippen LogP contribution in [0.4, 0.5) is 4.79 Å². The van der Waals surface area contributed by atoms with Crippen molar-refractivity contribution in [2.45, 2.75) is 46.6 Å². The van der Waals surface area contributed by atoms with Gasteiger partial charge in [0, 0.05) is 19.6 Å². The van der Waals surface area contributed by atoms with Crippen molar-refractivity contribution in [3.05, 3.63) is 0 Å². The van der Waals surface area contributed by atoms with Crippen LogP contribution in [0.25, 0.3) is 0 Å². The van der Waals surface area contributed by atoms with Crippen molar-refractivity contribution in [3.8, 4) is 0 Å². The van der Waals surface area contributed by atoms with Crippen molar-refractivity contribution >= 4 is 12.1 Å². The summed E-state index contributed by atoms with van der Waals surface area (Å²) in [5.74, 6) is -0.351. The van der Waals surface area contributed by atoms with E-state index in [0.717, 1.165) is 0 Å². The lowest BCUT2D eigenvalue weighted by Gasteiger charge is -2.13. The Labute approximate surface area is 121 Å². The first-order valence-electron chi connectivity index (χ1n) is 7.16. The molecule has 0 saturated heterocycles. The zero-order valence-corrected chi connectivity index (χ0v) is 12.9. The van der Waals surface area contributed by atoms with Crippen LogP contribution in [0.2, 0.25) is 0 Å². The third-order valence-electron chi connectivity index (χ3n) is 2.49. The molecule has 0 bridgehead atoms. The molecule has 118 valence electrons. The van der Waals surface area contributed by atoms with E-state index in [1.54, 1.807) is 13.8 Å². The molecule has 0 aromatic rings. The van der Waals surface area contributed by atoms with Crippen LogP contribution in [-0.2, 0) is 19.0 Å². The Kier molecular flexibility index (Phi) is 10.8. The van der Waals surface area contributed by atoms with Crippen molar-refractivity contribution in [2.75, 3.05) is 26.4 Å². The molecule has 1 unspecified atom stereocenters. The standard InChI is InChI=1S/C14H27NO5/c1-5-18-10-7-12(4)20-14(17)15-8-6-9-19-13(16)11(2)3/h11-12H,5-10H2,1-4H3,(H,15,17). The minimum atomic E-state index is -0.454. The van der Waals surface area contributed by atoms with Crippen LogP contribution < -0.4 is 5.32 Å². The molecule has 0 aliphatic heterocycles. The molecule has 1 N–H and O–H groups in total. The fourth-order valence-corrected chi connectivity index (χ4v) is 1.28. The molecular formula is C14H27NO5. The molecule has 0 aromatic heterocycles. The fourth-order valence-electron chi connectivity index (χ4n) is 1.28. The first-order valence-corrected chi connectivity index (χ1v) is 7.16. The summed E-state index contributed by atoms with van der Waals surface area (Å²) in [5, 5.41) is 2.61. The molecule has 0 rings (SSSR count). The molecule has 0 aliphatic rings. The second kappa shape index (κ2) is 11.5. The lowest BCUT2D eigenvalue weighted by atomic mass is 10.2. The number of carbonyl (C=O) groups excluding carboxylic acids is 2. The Morgan fingerprint density at radius 2 is 1.85 bits per heavy atom. The van der Waals surface area contributed by atoms with Gasteiger partial charge < -0.3 is 19.5 Å². The van der Waals surface area contributed by atoms with E-state index in [1.807, 2.05) is 13.8 Å². The molecule has 0 aromatic carbocycles. The first-order chi connectivity index (χ1) is 9.47. The average molecular weight is 289 g/mol. The highest BCUT2D eigenvalue weighted by molar-refractivity contribution is 5.71. The molecule has 0 fully saturated rings. The number of nitrogens with one attached hydrogen (secondary N) is 1. The third kappa shape index (κ3) is 10.6. The van der Waals surface area contributed by atoms with Gasteiger partial charge in [0.15, 0.2) is 0 Å². The van der Waals surface area contributed by atoms with Crippen LogP contribution in [0, 0.1) is 5.92 Å². The number of rotatable bonds is 10. The summed E-state index contributed by atoms with van der Waals surface area (Å²) in [4.78, 5) is 22.6. The number of esters is 1. The normalized spacial score (nSPS) is 12.1. The smallest absolute Gasteiger partial charge is 0.407 e. The van der Waals surface area contributed by atoms with E-state index < -0.39 is 6.09 Å². The summed E-state index contributed by atoms with van der Waals surface area (Å²) in [6.07, 6.45) is 0.609. The Morgan fingerprint density at radius 3 is 2.45 bits per heavy atom. The lowest BCUT2D eigenvalue weighted by Crippen LogP contribution is -2.30. The molecular weight excluding hydrogens is 262 g/mol. The van der Waals surface area contributed by atoms with Crippen LogP contribution in [0.15, 0.2) is 0 Å². The Bertz CT molecular complexity index is 281. The summed E-state index contributed by atoms with van der Waals surface area (Å²) >= 11 is 0. The van der Waals surface area contributed by atoms with Crippen molar-refractivity contribution < 1.29 is 23.8 Å². The van der Waals surface area contributed by atoms with Gasteiger partial charge in [-0.05, 0) is 20.3 Å². The van der Waals surface area contributed by atoms with Crippen molar-refractivity contribution in [3.63, 3.8) is 0 Å². The zero-order chi connectivity index (χ0) is 15.4. The molecule has 0 heterocycles. The van der Waals surface area contributed by atoms with E-state index in [0.29, 0.717) is 39.2 Å². The minimum Gasteiger partial charge on any atom is -0.465 e. The number of carbonyl (C=O) groups is 2. The van der Waals surface area contributed by atoms with E-state index >= 15 is 0 Å². The van der Waals surface area contributed by atoms with Gasteiger partial charge in [-0.25, -0.2) is 4.79 Å². The quantitative estimate of drug-likeness (QED) is 0.492. The Morgan fingerprint density at radius 1 is 1.15 bits per heavy atom. The number of alkyl carbamates (subject to hydrolysis) is 1.